The predicted molar refractivity (Wildman–Crippen MR) is 163 cm³/mol. The fourth-order valence-electron chi connectivity index (χ4n) is 4.46. The van der Waals surface area contributed by atoms with E-state index in [0.29, 0.717) is 50.0 Å². The average Bonchev–Trinajstić information content (AvgIpc) is 3.01. The highest BCUT2D eigenvalue weighted by atomic mass is 19.1. The molecule has 0 bridgehead atoms. The van der Waals surface area contributed by atoms with E-state index >= 15 is 4.39 Å². The van der Waals surface area contributed by atoms with Crippen LogP contribution >= 0.6 is 0 Å². The summed E-state index contributed by atoms with van der Waals surface area (Å²) in [6.07, 6.45) is 1.27. The van der Waals surface area contributed by atoms with Gasteiger partial charge in [-0.25, -0.2) is 14.2 Å². The molecule has 1 fully saturated rings. The topological polar surface area (TPSA) is 89.1 Å². The van der Waals surface area contributed by atoms with E-state index in [1.165, 1.54) is 6.07 Å². The molecular formula is C33H36FN5O4. The molecule has 1 aliphatic heterocycles. The molecule has 2 aromatic carbocycles. The van der Waals surface area contributed by atoms with Crippen LogP contribution in [0.3, 0.4) is 0 Å². The van der Waals surface area contributed by atoms with Crippen molar-refractivity contribution < 1.29 is 23.4 Å². The van der Waals surface area contributed by atoms with Crippen molar-refractivity contribution in [3.8, 4) is 11.8 Å². The van der Waals surface area contributed by atoms with Gasteiger partial charge < -0.3 is 29.3 Å². The summed E-state index contributed by atoms with van der Waals surface area (Å²) in [6.45, 7) is 8.18. The number of benzene rings is 2. The van der Waals surface area contributed by atoms with Crippen molar-refractivity contribution in [1.29, 1.82) is 0 Å². The van der Waals surface area contributed by atoms with Gasteiger partial charge in [-0.2, -0.15) is 4.98 Å². The zero-order chi connectivity index (χ0) is 30.2. The Morgan fingerprint density at radius 3 is 2.12 bits per heavy atom. The Bertz CT molecular complexity index is 1510. The lowest BCUT2D eigenvalue weighted by Gasteiger charge is -2.36. The maximum atomic E-state index is 15.3. The van der Waals surface area contributed by atoms with Gasteiger partial charge in [0.15, 0.2) is 11.6 Å². The van der Waals surface area contributed by atoms with Gasteiger partial charge in [0.2, 0.25) is 11.8 Å². The molecule has 9 nitrogen and oxygen atoms in total. The molecule has 1 amide bonds. The lowest BCUT2D eigenvalue weighted by atomic mass is 10.2. The molecule has 2 aromatic heterocycles. The van der Waals surface area contributed by atoms with E-state index in [1.54, 1.807) is 23.2 Å². The summed E-state index contributed by atoms with van der Waals surface area (Å²) in [5.74, 6) is 0.163. The Hall–Kier alpha value is -4.86. The molecule has 0 radical (unpaired) electrons. The smallest absolute Gasteiger partial charge is 0.410 e. The van der Waals surface area contributed by atoms with E-state index in [-0.39, 0.29) is 24.4 Å². The summed E-state index contributed by atoms with van der Waals surface area (Å²) in [5, 5.41) is 3.03. The highest BCUT2D eigenvalue weighted by Crippen LogP contribution is 2.31. The third-order valence-corrected chi connectivity index (χ3v) is 6.66. The first-order valence-electron chi connectivity index (χ1n) is 14.2. The maximum absolute atomic E-state index is 15.3. The molecule has 0 atom stereocenters. The number of nitrogens with one attached hydrogen (secondary N) is 1. The first-order chi connectivity index (χ1) is 20.7. The van der Waals surface area contributed by atoms with Crippen molar-refractivity contribution in [2.75, 3.05) is 36.4 Å². The van der Waals surface area contributed by atoms with Gasteiger partial charge in [0.1, 0.15) is 24.5 Å². The number of nitrogens with zero attached hydrogens (tertiary/aromatic N) is 4. The van der Waals surface area contributed by atoms with E-state index in [1.807, 2.05) is 86.3 Å². The number of carbonyl (C=O) groups excluding carboxylic acids is 1. The minimum atomic E-state index is -0.554. The quantitative estimate of drug-likeness (QED) is 0.236. The number of aromatic nitrogens is 2. The number of amides is 1. The van der Waals surface area contributed by atoms with Crippen LogP contribution in [0.2, 0.25) is 0 Å². The molecule has 0 saturated carbocycles. The molecule has 1 N–H and O–H groups in total. The molecular weight excluding hydrogens is 549 g/mol. The highest BCUT2D eigenvalue weighted by molar-refractivity contribution is 5.69. The van der Waals surface area contributed by atoms with Crippen LogP contribution in [-0.4, -0.2) is 52.7 Å². The lowest BCUT2D eigenvalue weighted by molar-refractivity contribution is 0.0240. The lowest BCUT2D eigenvalue weighted by Crippen LogP contribution is -2.50. The number of piperazine rings is 1. The van der Waals surface area contributed by atoms with Crippen LogP contribution in [0.25, 0.3) is 0 Å². The third kappa shape index (κ3) is 8.34. The van der Waals surface area contributed by atoms with Gasteiger partial charge in [-0.1, -0.05) is 60.7 Å². The summed E-state index contributed by atoms with van der Waals surface area (Å²) >= 11 is 0. The van der Waals surface area contributed by atoms with Gasteiger partial charge in [0.25, 0.3) is 0 Å². The second-order valence-electron chi connectivity index (χ2n) is 11.2. The number of carbonyl (C=O) groups is 1. The number of anilines is 3. The van der Waals surface area contributed by atoms with Gasteiger partial charge in [0, 0.05) is 38.3 Å². The number of ether oxygens (including phenoxy) is 3. The number of halogens is 1. The summed E-state index contributed by atoms with van der Waals surface area (Å²) in [4.78, 5) is 25.0. The summed E-state index contributed by atoms with van der Waals surface area (Å²) in [7, 11) is 0. The molecule has 3 heterocycles. The van der Waals surface area contributed by atoms with Crippen molar-refractivity contribution in [3.63, 3.8) is 0 Å². The van der Waals surface area contributed by atoms with E-state index < -0.39 is 11.4 Å². The van der Waals surface area contributed by atoms with E-state index in [2.05, 4.69) is 15.3 Å². The number of rotatable bonds is 9. The first-order valence-corrected chi connectivity index (χ1v) is 14.2. The molecule has 5 rings (SSSR count). The van der Waals surface area contributed by atoms with Crippen LogP contribution in [0.15, 0.2) is 85.1 Å². The summed E-state index contributed by atoms with van der Waals surface area (Å²) in [6, 6.07) is 24.4. The monoisotopic (exact) mass is 585 g/mol. The minimum Gasteiger partial charge on any atom is -0.473 e. The first kappa shape index (κ1) is 29.6. The third-order valence-electron chi connectivity index (χ3n) is 6.66. The van der Waals surface area contributed by atoms with Gasteiger partial charge in [-0.15, -0.1) is 0 Å². The van der Waals surface area contributed by atoms with Crippen molar-refractivity contribution in [3.05, 3.63) is 102 Å². The van der Waals surface area contributed by atoms with Gasteiger partial charge in [0.05, 0.1) is 11.9 Å². The summed E-state index contributed by atoms with van der Waals surface area (Å²) < 4.78 is 32.7. The van der Waals surface area contributed by atoms with Crippen molar-refractivity contribution >= 4 is 23.3 Å². The molecule has 1 saturated heterocycles. The molecule has 0 spiro atoms. The number of pyridine rings is 2. The Kier molecular flexibility index (Phi) is 9.24. The molecule has 4 aromatic rings. The van der Waals surface area contributed by atoms with E-state index in [9.17, 15) is 4.79 Å². The molecule has 10 heteroatoms. The van der Waals surface area contributed by atoms with Crippen molar-refractivity contribution in [2.24, 2.45) is 0 Å². The average molecular weight is 586 g/mol. The van der Waals surface area contributed by atoms with Crippen LogP contribution in [0, 0.1) is 5.82 Å². The number of hydrogen-bond acceptors (Lipinski definition) is 8. The fraction of sp³-hybridized carbons (Fsp3) is 0.303. The zero-order valence-corrected chi connectivity index (χ0v) is 24.6. The van der Waals surface area contributed by atoms with Crippen molar-refractivity contribution in [2.45, 2.75) is 39.6 Å². The van der Waals surface area contributed by atoms with Gasteiger partial charge in [-0.3, -0.25) is 0 Å². The molecule has 0 aliphatic carbocycles. The minimum absolute atomic E-state index is 0.0421. The van der Waals surface area contributed by atoms with E-state index in [4.69, 9.17) is 14.2 Å². The molecule has 43 heavy (non-hydrogen) atoms. The Morgan fingerprint density at radius 1 is 0.884 bits per heavy atom. The second-order valence-corrected chi connectivity index (χ2v) is 11.2. The van der Waals surface area contributed by atoms with Crippen LogP contribution in [0.4, 0.5) is 26.4 Å². The van der Waals surface area contributed by atoms with Crippen molar-refractivity contribution in [1.82, 2.24) is 14.9 Å². The zero-order valence-electron chi connectivity index (χ0n) is 24.6. The predicted octanol–water partition coefficient (Wildman–Crippen LogP) is 6.57. The Balaban J connectivity index is 1.27. The normalized spacial score (nSPS) is 13.4. The Morgan fingerprint density at radius 2 is 1.51 bits per heavy atom. The second kappa shape index (κ2) is 13.4. The molecule has 224 valence electrons. The van der Waals surface area contributed by atoms with Crippen LogP contribution in [-0.2, 0) is 18.0 Å². The van der Waals surface area contributed by atoms with Crippen LogP contribution < -0.4 is 19.7 Å². The van der Waals surface area contributed by atoms with Gasteiger partial charge >= 0.3 is 6.09 Å². The number of hydrogen-bond donors (Lipinski definition) is 1. The van der Waals surface area contributed by atoms with Gasteiger partial charge in [-0.05, 0) is 38.0 Å². The molecule has 1 aliphatic rings. The SMILES string of the molecule is CC(C)(C)OC(=O)N1CCN(c2cnc(Nc3ccc(OCc4ccccc4)nc3OCc3ccccc3)c(F)c2)CC1. The Labute approximate surface area is 251 Å². The largest absolute Gasteiger partial charge is 0.473 e. The van der Waals surface area contributed by atoms with E-state index in [0.717, 1.165) is 11.1 Å². The van der Waals surface area contributed by atoms with Crippen LogP contribution in [0.1, 0.15) is 31.9 Å². The fourth-order valence-corrected chi connectivity index (χ4v) is 4.46. The maximum Gasteiger partial charge on any atom is 0.410 e. The highest BCUT2D eigenvalue weighted by Gasteiger charge is 2.26. The standard InChI is InChI=1S/C33H36FN5O4/c1-33(2,3)43-32(40)39-18-16-38(17-19-39)26-20-27(34)30(35-21-26)36-28-14-15-29(41-22-24-10-6-4-7-11-24)37-31(28)42-23-25-12-8-5-9-13-25/h4-15,20-21H,16-19,22-23H2,1-3H3,(H,35,36). The summed E-state index contributed by atoms with van der Waals surface area (Å²) in [5.41, 5.74) is 2.51. The van der Waals surface area contributed by atoms with Crippen LogP contribution in [0.5, 0.6) is 11.8 Å². The molecule has 0 unspecified atom stereocenters.